The van der Waals surface area contributed by atoms with E-state index in [0.29, 0.717) is 0 Å². The van der Waals surface area contributed by atoms with Gasteiger partial charge in [-0.05, 0) is 50.0 Å². The average Bonchev–Trinajstić information content (AvgIpc) is 2.85. The van der Waals surface area contributed by atoms with Gasteiger partial charge in [-0.3, -0.25) is 0 Å². The highest BCUT2D eigenvalue weighted by molar-refractivity contribution is 5.44. The number of aryl methyl sites for hydroxylation is 1. The topological polar surface area (TPSA) is 15.3 Å². The van der Waals surface area contributed by atoms with Crippen molar-refractivity contribution in [2.24, 2.45) is 0 Å². The van der Waals surface area contributed by atoms with E-state index in [9.17, 15) is 0 Å². The zero-order valence-corrected chi connectivity index (χ0v) is 10.9. The molecule has 94 valence electrons. The average molecular weight is 232 g/mol. The summed E-state index contributed by atoms with van der Waals surface area (Å²) >= 11 is 0. The molecule has 0 amide bonds. The highest BCUT2D eigenvalue weighted by Crippen LogP contribution is 2.11. The normalized spacial score (nSPS) is 16.3. The van der Waals surface area contributed by atoms with Gasteiger partial charge in [0.1, 0.15) is 0 Å². The van der Waals surface area contributed by atoms with Crippen molar-refractivity contribution in [2.45, 2.75) is 32.6 Å². The van der Waals surface area contributed by atoms with Crippen LogP contribution in [0.2, 0.25) is 0 Å². The third kappa shape index (κ3) is 4.04. The zero-order valence-electron chi connectivity index (χ0n) is 10.9. The van der Waals surface area contributed by atoms with Gasteiger partial charge < -0.3 is 10.2 Å². The van der Waals surface area contributed by atoms with Crippen LogP contribution in [0.15, 0.2) is 24.3 Å². The summed E-state index contributed by atoms with van der Waals surface area (Å²) in [5, 5.41) is 3.50. The molecule has 1 saturated heterocycles. The minimum atomic E-state index is 1.06. The Morgan fingerprint density at radius 1 is 1.12 bits per heavy atom. The molecule has 0 aromatic heterocycles. The molecule has 1 fully saturated rings. The smallest absolute Gasteiger partial charge is 0.0340 e. The van der Waals surface area contributed by atoms with E-state index in [1.54, 1.807) is 0 Å². The number of hydrogen-bond acceptors (Lipinski definition) is 2. The first-order valence-electron chi connectivity index (χ1n) is 6.93. The van der Waals surface area contributed by atoms with Gasteiger partial charge in [0.25, 0.3) is 0 Å². The minimum Gasteiger partial charge on any atom is -0.384 e. The predicted octanol–water partition coefficient (Wildman–Crippen LogP) is 3.15. The monoisotopic (exact) mass is 232 g/mol. The molecule has 1 N–H and O–H groups in total. The van der Waals surface area contributed by atoms with E-state index < -0.39 is 0 Å². The number of nitrogens with zero attached hydrogens (tertiary/aromatic N) is 1. The molecule has 2 nitrogen and oxygen atoms in total. The summed E-state index contributed by atoms with van der Waals surface area (Å²) in [7, 11) is 0. The first-order valence-corrected chi connectivity index (χ1v) is 6.93. The summed E-state index contributed by atoms with van der Waals surface area (Å²) in [6, 6.07) is 8.88. The Bertz CT molecular complexity index is 312. The van der Waals surface area contributed by atoms with Crippen molar-refractivity contribution in [3.05, 3.63) is 29.8 Å². The summed E-state index contributed by atoms with van der Waals surface area (Å²) in [5.41, 5.74) is 2.70. The molecule has 0 aliphatic carbocycles. The number of hydrogen-bond donors (Lipinski definition) is 1. The van der Waals surface area contributed by atoms with E-state index in [4.69, 9.17) is 0 Å². The van der Waals surface area contributed by atoms with Crippen LogP contribution in [0.4, 0.5) is 5.69 Å². The Hall–Kier alpha value is -1.02. The molecule has 1 aromatic rings. The maximum atomic E-state index is 3.50. The van der Waals surface area contributed by atoms with E-state index in [1.165, 1.54) is 56.6 Å². The van der Waals surface area contributed by atoms with Crippen LogP contribution < -0.4 is 5.32 Å². The molecular weight excluding hydrogens is 208 g/mol. The van der Waals surface area contributed by atoms with Crippen LogP contribution in [-0.2, 0) is 6.42 Å². The van der Waals surface area contributed by atoms with Crippen LogP contribution in [-0.4, -0.2) is 31.1 Å². The lowest BCUT2D eigenvalue weighted by Crippen LogP contribution is -2.25. The second-order valence-corrected chi connectivity index (χ2v) is 4.92. The van der Waals surface area contributed by atoms with Gasteiger partial charge in [-0.25, -0.2) is 0 Å². The zero-order chi connectivity index (χ0) is 11.9. The Morgan fingerprint density at radius 2 is 1.82 bits per heavy atom. The van der Waals surface area contributed by atoms with E-state index in [2.05, 4.69) is 41.4 Å². The van der Waals surface area contributed by atoms with Crippen LogP contribution >= 0.6 is 0 Å². The Morgan fingerprint density at radius 3 is 2.47 bits per heavy atom. The number of anilines is 1. The first-order chi connectivity index (χ1) is 8.38. The second-order valence-electron chi connectivity index (χ2n) is 4.92. The molecule has 2 rings (SSSR count). The van der Waals surface area contributed by atoms with E-state index in [1.807, 2.05) is 0 Å². The highest BCUT2D eigenvalue weighted by Gasteiger charge is 2.09. The highest BCUT2D eigenvalue weighted by atomic mass is 15.1. The molecule has 1 aromatic carbocycles. The van der Waals surface area contributed by atoms with E-state index in [-0.39, 0.29) is 0 Å². The van der Waals surface area contributed by atoms with Gasteiger partial charge in [0.2, 0.25) is 0 Å². The molecule has 1 aliphatic heterocycles. The standard InChI is InChI=1S/C15H24N2/c1-2-5-14-6-8-15(9-7-14)16-10-13-17-11-3-4-12-17/h6-9,16H,2-5,10-13H2,1H3. The molecule has 0 unspecified atom stereocenters. The van der Waals surface area contributed by atoms with Gasteiger partial charge in [0.05, 0.1) is 0 Å². The van der Waals surface area contributed by atoms with Crippen molar-refractivity contribution in [3.63, 3.8) is 0 Å². The van der Waals surface area contributed by atoms with Crippen molar-refractivity contribution in [3.8, 4) is 0 Å². The van der Waals surface area contributed by atoms with Crippen molar-refractivity contribution < 1.29 is 0 Å². The number of rotatable bonds is 6. The van der Waals surface area contributed by atoms with Crippen LogP contribution in [0, 0.1) is 0 Å². The molecule has 0 saturated carbocycles. The lowest BCUT2D eigenvalue weighted by atomic mass is 10.1. The molecule has 0 spiro atoms. The van der Waals surface area contributed by atoms with Crippen LogP contribution in [0.5, 0.6) is 0 Å². The molecule has 2 heteroatoms. The van der Waals surface area contributed by atoms with Gasteiger partial charge in [-0.15, -0.1) is 0 Å². The first kappa shape index (κ1) is 12.4. The van der Waals surface area contributed by atoms with Crippen LogP contribution in [0.3, 0.4) is 0 Å². The van der Waals surface area contributed by atoms with E-state index in [0.717, 1.165) is 6.54 Å². The van der Waals surface area contributed by atoms with Gasteiger partial charge in [0, 0.05) is 18.8 Å². The van der Waals surface area contributed by atoms with E-state index >= 15 is 0 Å². The Balaban J connectivity index is 1.70. The van der Waals surface area contributed by atoms with Crippen molar-refractivity contribution in [1.82, 2.24) is 4.90 Å². The summed E-state index contributed by atoms with van der Waals surface area (Å²) < 4.78 is 0. The van der Waals surface area contributed by atoms with Gasteiger partial charge in [-0.2, -0.15) is 0 Å². The molecule has 0 radical (unpaired) electrons. The fraction of sp³-hybridized carbons (Fsp3) is 0.600. The minimum absolute atomic E-state index is 1.06. The summed E-state index contributed by atoms with van der Waals surface area (Å²) in [5.74, 6) is 0. The van der Waals surface area contributed by atoms with Crippen molar-refractivity contribution in [2.75, 3.05) is 31.5 Å². The second kappa shape index (κ2) is 6.65. The Labute approximate surface area is 105 Å². The maximum absolute atomic E-state index is 3.50. The quantitative estimate of drug-likeness (QED) is 0.810. The Kier molecular flexibility index (Phi) is 4.87. The predicted molar refractivity (Wildman–Crippen MR) is 74.6 cm³/mol. The number of nitrogens with one attached hydrogen (secondary N) is 1. The lowest BCUT2D eigenvalue weighted by molar-refractivity contribution is 0.352. The third-order valence-electron chi connectivity index (χ3n) is 3.45. The number of likely N-dealkylation sites (tertiary alicyclic amines) is 1. The molecular formula is C15H24N2. The van der Waals surface area contributed by atoms with Crippen molar-refractivity contribution >= 4 is 5.69 Å². The fourth-order valence-electron chi connectivity index (χ4n) is 2.44. The molecule has 17 heavy (non-hydrogen) atoms. The van der Waals surface area contributed by atoms with Gasteiger partial charge in [-0.1, -0.05) is 25.5 Å². The summed E-state index contributed by atoms with van der Waals surface area (Å²) in [6.45, 7) is 7.04. The van der Waals surface area contributed by atoms with Gasteiger partial charge >= 0.3 is 0 Å². The summed E-state index contributed by atoms with van der Waals surface area (Å²) in [4.78, 5) is 2.54. The molecule has 1 heterocycles. The van der Waals surface area contributed by atoms with Crippen molar-refractivity contribution in [1.29, 1.82) is 0 Å². The number of benzene rings is 1. The van der Waals surface area contributed by atoms with Crippen LogP contribution in [0.25, 0.3) is 0 Å². The lowest BCUT2D eigenvalue weighted by Gasteiger charge is -2.15. The van der Waals surface area contributed by atoms with Gasteiger partial charge in [0.15, 0.2) is 0 Å². The summed E-state index contributed by atoms with van der Waals surface area (Å²) in [6.07, 6.45) is 5.17. The van der Waals surface area contributed by atoms with Crippen LogP contribution in [0.1, 0.15) is 31.7 Å². The molecule has 0 bridgehead atoms. The third-order valence-corrected chi connectivity index (χ3v) is 3.45. The molecule has 0 atom stereocenters. The molecule has 1 aliphatic rings. The maximum Gasteiger partial charge on any atom is 0.0340 e. The fourth-order valence-corrected chi connectivity index (χ4v) is 2.44. The largest absolute Gasteiger partial charge is 0.384 e. The SMILES string of the molecule is CCCc1ccc(NCCN2CCCC2)cc1.